The first-order valence-electron chi connectivity index (χ1n) is 10.4. The van der Waals surface area contributed by atoms with E-state index in [9.17, 15) is 9.59 Å². The average molecular weight is 419 g/mol. The highest BCUT2D eigenvalue weighted by Gasteiger charge is 2.43. The lowest BCUT2D eigenvalue weighted by Crippen LogP contribution is -2.29. The van der Waals surface area contributed by atoms with Crippen molar-refractivity contribution in [1.82, 2.24) is 5.32 Å². The maximum atomic E-state index is 13.5. The number of allylic oxidation sites excluding steroid dienone is 2. The Bertz CT molecular complexity index is 1130. The quantitative estimate of drug-likeness (QED) is 0.707. The molecular formula is C25H25NO5. The van der Waals surface area contributed by atoms with Crippen molar-refractivity contribution in [2.24, 2.45) is 0 Å². The molecule has 2 aliphatic rings. The van der Waals surface area contributed by atoms with Crippen LogP contribution in [0.15, 0.2) is 59.3 Å². The molecule has 2 aromatic carbocycles. The van der Waals surface area contributed by atoms with Crippen molar-refractivity contribution in [2.75, 3.05) is 20.3 Å². The first kappa shape index (κ1) is 20.7. The molecule has 0 fully saturated rings. The fourth-order valence-corrected chi connectivity index (χ4v) is 4.31. The molecule has 6 nitrogen and oxygen atoms in total. The van der Waals surface area contributed by atoms with Crippen molar-refractivity contribution in [3.05, 3.63) is 76.0 Å². The lowest BCUT2D eigenvalue weighted by molar-refractivity contribution is -0.136. The molecule has 0 bridgehead atoms. The molecule has 0 radical (unpaired) electrons. The number of fused-ring (bicyclic) bond motifs is 2. The summed E-state index contributed by atoms with van der Waals surface area (Å²) < 4.78 is 16.7. The van der Waals surface area contributed by atoms with E-state index in [0.29, 0.717) is 47.1 Å². The van der Waals surface area contributed by atoms with Gasteiger partial charge in [-0.3, -0.25) is 4.79 Å². The molecule has 1 aliphatic heterocycles. The van der Waals surface area contributed by atoms with Crippen LogP contribution in [0.2, 0.25) is 0 Å². The van der Waals surface area contributed by atoms with Crippen LogP contribution in [0, 0.1) is 0 Å². The molecule has 0 saturated carbocycles. The highest BCUT2D eigenvalue weighted by molar-refractivity contribution is 6.23. The molecule has 1 aliphatic carbocycles. The van der Waals surface area contributed by atoms with E-state index in [4.69, 9.17) is 14.2 Å². The van der Waals surface area contributed by atoms with Gasteiger partial charge in [-0.05, 0) is 26.8 Å². The van der Waals surface area contributed by atoms with Gasteiger partial charge in [0.05, 0.1) is 37.5 Å². The second-order valence-electron chi connectivity index (χ2n) is 7.32. The van der Waals surface area contributed by atoms with Crippen molar-refractivity contribution in [1.29, 1.82) is 0 Å². The third kappa shape index (κ3) is 3.38. The third-order valence-electron chi connectivity index (χ3n) is 5.56. The minimum atomic E-state index is -0.624. The molecule has 0 aromatic heterocycles. The number of rotatable bonds is 6. The molecule has 2 aromatic rings. The second-order valence-corrected chi connectivity index (χ2v) is 7.32. The number of benzene rings is 2. The number of methoxy groups -OCH3 is 1. The van der Waals surface area contributed by atoms with Crippen LogP contribution in [-0.2, 0) is 9.53 Å². The molecule has 1 N–H and O–H groups in total. The minimum Gasteiger partial charge on any atom is -0.494 e. The topological polar surface area (TPSA) is 73.9 Å². The summed E-state index contributed by atoms with van der Waals surface area (Å²) in [5, 5.41) is 3.29. The molecule has 0 amide bonds. The molecule has 0 spiro atoms. The van der Waals surface area contributed by atoms with E-state index < -0.39 is 11.9 Å². The summed E-state index contributed by atoms with van der Waals surface area (Å²) in [6, 6.07) is 13.0. The summed E-state index contributed by atoms with van der Waals surface area (Å²) in [7, 11) is 1.34. The van der Waals surface area contributed by atoms with Gasteiger partial charge in [0, 0.05) is 34.0 Å². The van der Waals surface area contributed by atoms with Crippen molar-refractivity contribution in [3.63, 3.8) is 0 Å². The molecule has 0 unspecified atom stereocenters. The Balaban J connectivity index is 1.95. The minimum absolute atomic E-state index is 0.103. The fraction of sp³-hybridized carbons (Fsp3) is 0.280. The molecule has 1 atom stereocenters. The highest BCUT2D eigenvalue weighted by Crippen LogP contribution is 2.49. The molecule has 0 saturated heterocycles. The monoisotopic (exact) mass is 419 g/mol. The number of dihydropyridines is 1. The van der Waals surface area contributed by atoms with Gasteiger partial charge in [0.25, 0.3) is 0 Å². The Morgan fingerprint density at radius 1 is 1.03 bits per heavy atom. The van der Waals surface area contributed by atoms with E-state index in [1.165, 1.54) is 7.11 Å². The van der Waals surface area contributed by atoms with Gasteiger partial charge >= 0.3 is 5.97 Å². The van der Waals surface area contributed by atoms with Crippen LogP contribution >= 0.6 is 0 Å². The van der Waals surface area contributed by atoms with Gasteiger partial charge in [0.15, 0.2) is 5.78 Å². The zero-order chi connectivity index (χ0) is 22.1. The maximum Gasteiger partial charge on any atom is 0.336 e. The zero-order valence-electron chi connectivity index (χ0n) is 18.1. The predicted molar refractivity (Wildman–Crippen MR) is 117 cm³/mol. The van der Waals surface area contributed by atoms with Crippen LogP contribution in [-0.4, -0.2) is 32.1 Å². The number of carbonyl (C=O) groups excluding carboxylic acids is 2. The van der Waals surface area contributed by atoms with Crippen molar-refractivity contribution in [2.45, 2.75) is 26.7 Å². The standard InChI is InChI=1S/C25H25NO5/c1-5-30-15-11-12-18(19(13-15)31-6-2)21-20(25(28)29-4)14(3)26-23-16-9-7-8-10-17(16)24(27)22(21)23/h7-13,21,26H,5-6H2,1-4H3/t21-/m0/s1. The normalized spacial score (nSPS) is 17.2. The summed E-state index contributed by atoms with van der Waals surface area (Å²) in [6.07, 6.45) is 0. The first-order chi connectivity index (χ1) is 15.0. The van der Waals surface area contributed by atoms with Crippen LogP contribution in [0.3, 0.4) is 0 Å². The number of ether oxygens (including phenoxy) is 3. The van der Waals surface area contributed by atoms with Crippen molar-refractivity contribution in [3.8, 4) is 11.5 Å². The molecular weight excluding hydrogens is 394 g/mol. The lowest BCUT2D eigenvalue weighted by atomic mass is 9.79. The predicted octanol–water partition coefficient (Wildman–Crippen LogP) is 4.23. The Labute approximate surface area is 181 Å². The number of Topliss-reactive ketones (excluding diaryl/α,β-unsaturated/α-hetero) is 1. The van der Waals surface area contributed by atoms with E-state index in [1.807, 2.05) is 57.2 Å². The van der Waals surface area contributed by atoms with E-state index >= 15 is 0 Å². The van der Waals surface area contributed by atoms with Gasteiger partial charge in [-0.25, -0.2) is 4.79 Å². The summed E-state index contributed by atoms with van der Waals surface area (Å²) in [4.78, 5) is 26.3. The fourth-order valence-electron chi connectivity index (χ4n) is 4.31. The Hall–Kier alpha value is -3.54. The van der Waals surface area contributed by atoms with Gasteiger partial charge in [-0.1, -0.05) is 30.3 Å². The van der Waals surface area contributed by atoms with Gasteiger partial charge in [0.1, 0.15) is 11.5 Å². The van der Waals surface area contributed by atoms with Gasteiger partial charge < -0.3 is 19.5 Å². The highest BCUT2D eigenvalue weighted by atomic mass is 16.5. The molecule has 6 heteroatoms. The SMILES string of the molecule is CCOc1ccc([C@H]2C(C(=O)OC)=C(C)NC3=C2C(=O)c2ccccc23)c(OCC)c1. The average Bonchev–Trinajstić information content (AvgIpc) is 3.05. The van der Waals surface area contributed by atoms with Crippen molar-refractivity contribution >= 4 is 17.4 Å². The van der Waals surface area contributed by atoms with Crippen LogP contribution in [0.4, 0.5) is 0 Å². The zero-order valence-corrected chi connectivity index (χ0v) is 18.1. The molecule has 31 heavy (non-hydrogen) atoms. The molecule has 4 rings (SSSR count). The molecule has 1 heterocycles. The molecule has 160 valence electrons. The second kappa shape index (κ2) is 8.30. The van der Waals surface area contributed by atoms with Gasteiger partial charge in [0.2, 0.25) is 0 Å². The van der Waals surface area contributed by atoms with E-state index in [2.05, 4.69) is 5.32 Å². The summed E-state index contributed by atoms with van der Waals surface area (Å²) >= 11 is 0. The van der Waals surface area contributed by atoms with E-state index in [-0.39, 0.29) is 5.78 Å². The first-order valence-corrected chi connectivity index (χ1v) is 10.4. The van der Waals surface area contributed by atoms with E-state index in [0.717, 1.165) is 16.8 Å². The van der Waals surface area contributed by atoms with Crippen molar-refractivity contribution < 1.29 is 23.8 Å². The van der Waals surface area contributed by atoms with E-state index in [1.54, 1.807) is 6.07 Å². The number of nitrogens with one attached hydrogen (secondary N) is 1. The summed E-state index contributed by atoms with van der Waals surface area (Å²) in [6.45, 7) is 6.58. The largest absolute Gasteiger partial charge is 0.494 e. The van der Waals surface area contributed by atoms with Crippen LogP contribution in [0.25, 0.3) is 5.70 Å². The number of hydrogen-bond donors (Lipinski definition) is 1. The maximum absolute atomic E-state index is 13.5. The summed E-state index contributed by atoms with van der Waals surface area (Å²) in [5.41, 5.74) is 4.47. The third-order valence-corrected chi connectivity index (χ3v) is 5.56. The lowest BCUT2D eigenvalue weighted by Gasteiger charge is -2.30. The Morgan fingerprint density at radius 2 is 1.74 bits per heavy atom. The number of carbonyl (C=O) groups is 2. The number of ketones is 1. The van der Waals surface area contributed by atoms with Gasteiger partial charge in [-0.2, -0.15) is 0 Å². The van der Waals surface area contributed by atoms with Gasteiger partial charge in [-0.15, -0.1) is 0 Å². The number of esters is 1. The smallest absolute Gasteiger partial charge is 0.336 e. The summed E-state index contributed by atoms with van der Waals surface area (Å²) in [5.74, 6) is 0.0279. The Kier molecular flexibility index (Phi) is 5.55. The van der Waals surface area contributed by atoms with Crippen LogP contribution in [0.1, 0.15) is 48.2 Å². The van der Waals surface area contributed by atoms with Crippen LogP contribution in [0.5, 0.6) is 11.5 Å². The number of hydrogen-bond acceptors (Lipinski definition) is 6. The van der Waals surface area contributed by atoms with Crippen LogP contribution < -0.4 is 14.8 Å². The Morgan fingerprint density at radius 3 is 2.42 bits per heavy atom.